The van der Waals surface area contributed by atoms with Crippen LogP contribution in [0.5, 0.6) is 5.88 Å². The number of amides is 1. The Morgan fingerprint density at radius 1 is 1.27 bits per heavy atom. The molecule has 1 unspecified atom stereocenters. The second kappa shape index (κ2) is 6.21. The van der Waals surface area contributed by atoms with Crippen LogP contribution in [-0.2, 0) is 7.05 Å². The van der Waals surface area contributed by atoms with Gasteiger partial charge in [0.05, 0.1) is 12.1 Å². The molecule has 1 atom stereocenters. The maximum atomic E-state index is 11.1. The molecule has 0 radical (unpaired) electrons. The summed E-state index contributed by atoms with van der Waals surface area (Å²) in [5, 5.41) is 9.07. The predicted octanol–water partition coefficient (Wildman–Crippen LogP) is 1.26. The largest absolute Gasteiger partial charge is 0.471 e. The van der Waals surface area contributed by atoms with Crippen molar-refractivity contribution in [3.05, 3.63) is 24.5 Å². The normalized spacial score (nSPS) is 17.0. The van der Waals surface area contributed by atoms with E-state index in [0.717, 1.165) is 5.56 Å². The minimum absolute atomic E-state index is 0.252. The van der Waals surface area contributed by atoms with E-state index in [1.54, 1.807) is 12.4 Å². The maximum absolute atomic E-state index is 11.1. The molecule has 0 aliphatic carbocycles. The second-order valence-corrected chi connectivity index (χ2v) is 6.12. The number of hydrogen-bond donors (Lipinski definition) is 1. The van der Waals surface area contributed by atoms with Crippen molar-refractivity contribution in [2.45, 2.75) is 19.4 Å². The summed E-state index contributed by atoms with van der Waals surface area (Å²) in [5.41, 5.74) is 1.91. The number of carbonyl (C=O) groups is 1. The Balaban J connectivity index is 1.68. The molecule has 1 aliphatic heterocycles. The quantitative estimate of drug-likeness (QED) is 0.746. The van der Waals surface area contributed by atoms with Crippen molar-refractivity contribution >= 4 is 17.3 Å². The van der Waals surface area contributed by atoms with E-state index in [9.17, 15) is 4.79 Å². The summed E-state index contributed by atoms with van der Waals surface area (Å²) in [7, 11) is 1.85. The third kappa shape index (κ3) is 2.79. The molecule has 0 spiro atoms. The first kappa shape index (κ1) is 16.2. The van der Waals surface area contributed by atoms with Gasteiger partial charge in [0.25, 0.3) is 0 Å². The van der Waals surface area contributed by atoms with Gasteiger partial charge >= 0.3 is 6.09 Å². The standard InChI is InChI=1S/C16H17N7O3/c1-9-17-5-10(6-18-9)13-21-12-14(22(13)2)19-8-20-15(12)26-11-3-4-23(7-11)16(24)25/h5-6,8,11H,3-4,7H2,1-2H3,(H,24,25). The molecule has 10 nitrogen and oxygen atoms in total. The van der Waals surface area contributed by atoms with E-state index < -0.39 is 6.09 Å². The fraction of sp³-hybridized carbons (Fsp3) is 0.375. The Morgan fingerprint density at radius 2 is 2.04 bits per heavy atom. The Labute approximate surface area is 148 Å². The molecular formula is C16H17N7O3. The highest BCUT2D eigenvalue weighted by Gasteiger charge is 2.28. The van der Waals surface area contributed by atoms with E-state index in [1.165, 1.54) is 11.2 Å². The van der Waals surface area contributed by atoms with Gasteiger partial charge in [0, 0.05) is 32.4 Å². The molecule has 1 fully saturated rings. The number of imidazole rings is 1. The van der Waals surface area contributed by atoms with Gasteiger partial charge in [-0.1, -0.05) is 0 Å². The highest BCUT2D eigenvalue weighted by molar-refractivity contribution is 5.80. The predicted molar refractivity (Wildman–Crippen MR) is 90.7 cm³/mol. The van der Waals surface area contributed by atoms with Crippen LogP contribution in [0.2, 0.25) is 0 Å². The number of hydrogen-bond acceptors (Lipinski definition) is 7. The lowest BCUT2D eigenvalue weighted by Crippen LogP contribution is -2.29. The van der Waals surface area contributed by atoms with Crippen LogP contribution in [-0.4, -0.2) is 64.8 Å². The van der Waals surface area contributed by atoms with E-state index in [1.807, 2.05) is 18.5 Å². The van der Waals surface area contributed by atoms with Crippen molar-refractivity contribution in [1.82, 2.24) is 34.4 Å². The lowest BCUT2D eigenvalue weighted by Gasteiger charge is -2.13. The number of fused-ring (bicyclic) bond motifs is 1. The van der Waals surface area contributed by atoms with Crippen LogP contribution in [0.3, 0.4) is 0 Å². The molecule has 3 aromatic heterocycles. The van der Waals surface area contributed by atoms with Crippen molar-refractivity contribution in [2.75, 3.05) is 13.1 Å². The molecule has 1 amide bonds. The van der Waals surface area contributed by atoms with Gasteiger partial charge in [-0.3, -0.25) is 0 Å². The van der Waals surface area contributed by atoms with Crippen LogP contribution >= 0.6 is 0 Å². The molecular weight excluding hydrogens is 338 g/mol. The van der Waals surface area contributed by atoms with E-state index in [4.69, 9.17) is 9.84 Å². The number of aryl methyl sites for hydroxylation is 2. The summed E-state index contributed by atoms with van der Waals surface area (Å²) in [6.07, 6.45) is 4.25. The molecule has 0 saturated carbocycles. The Kier molecular flexibility index (Phi) is 3.86. The van der Waals surface area contributed by atoms with E-state index in [0.29, 0.717) is 48.2 Å². The van der Waals surface area contributed by atoms with Crippen molar-refractivity contribution in [1.29, 1.82) is 0 Å². The van der Waals surface area contributed by atoms with Gasteiger partial charge in [0.1, 0.15) is 24.1 Å². The van der Waals surface area contributed by atoms with Crippen LogP contribution in [0.15, 0.2) is 18.7 Å². The van der Waals surface area contributed by atoms with Crippen LogP contribution < -0.4 is 4.74 Å². The Morgan fingerprint density at radius 3 is 2.73 bits per heavy atom. The number of rotatable bonds is 3. The minimum atomic E-state index is -0.941. The number of ether oxygens (including phenoxy) is 1. The van der Waals surface area contributed by atoms with Crippen LogP contribution in [0.25, 0.3) is 22.6 Å². The average molecular weight is 355 g/mol. The van der Waals surface area contributed by atoms with Crippen LogP contribution in [0.4, 0.5) is 4.79 Å². The zero-order valence-corrected chi connectivity index (χ0v) is 14.3. The maximum Gasteiger partial charge on any atom is 0.407 e. The summed E-state index contributed by atoms with van der Waals surface area (Å²) in [4.78, 5) is 33.9. The van der Waals surface area contributed by atoms with Gasteiger partial charge in [-0.2, -0.15) is 4.98 Å². The van der Waals surface area contributed by atoms with E-state index in [-0.39, 0.29) is 6.10 Å². The summed E-state index contributed by atoms with van der Waals surface area (Å²) in [6.45, 7) is 2.58. The average Bonchev–Trinajstić information content (AvgIpc) is 3.22. The molecule has 0 bridgehead atoms. The molecule has 1 N–H and O–H groups in total. The molecule has 1 saturated heterocycles. The third-order valence-electron chi connectivity index (χ3n) is 4.36. The van der Waals surface area contributed by atoms with Crippen LogP contribution in [0.1, 0.15) is 12.2 Å². The number of aromatic nitrogens is 6. The Hall–Kier alpha value is -3.30. The van der Waals surface area contributed by atoms with Crippen molar-refractivity contribution in [3.63, 3.8) is 0 Å². The van der Waals surface area contributed by atoms with Gasteiger partial charge in [0.2, 0.25) is 5.88 Å². The SMILES string of the molecule is Cc1ncc(-c2nc3c(OC4CCN(C(=O)O)C4)ncnc3n2C)cn1. The second-order valence-electron chi connectivity index (χ2n) is 6.12. The number of carboxylic acid groups (broad SMARTS) is 1. The van der Waals surface area contributed by atoms with Crippen molar-refractivity contribution in [3.8, 4) is 17.3 Å². The first-order valence-corrected chi connectivity index (χ1v) is 8.14. The lowest BCUT2D eigenvalue weighted by atomic mass is 10.3. The van der Waals surface area contributed by atoms with E-state index >= 15 is 0 Å². The highest BCUT2D eigenvalue weighted by Crippen LogP contribution is 2.27. The topological polar surface area (TPSA) is 119 Å². The third-order valence-corrected chi connectivity index (χ3v) is 4.36. The zero-order valence-electron chi connectivity index (χ0n) is 14.3. The summed E-state index contributed by atoms with van der Waals surface area (Å²) >= 11 is 0. The summed E-state index contributed by atoms with van der Waals surface area (Å²) < 4.78 is 7.76. The summed E-state index contributed by atoms with van der Waals surface area (Å²) in [5.74, 6) is 1.69. The fourth-order valence-corrected chi connectivity index (χ4v) is 2.99. The molecule has 26 heavy (non-hydrogen) atoms. The molecule has 1 aliphatic rings. The molecule has 4 heterocycles. The van der Waals surface area contributed by atoms with Crippen molar-refractivity contribution in [2.24, 2.45) is 7.05 Å². The zero-order chi connectivity index (χ0) is 18.3. The molecule has 134 valence electrons. The number of likely N-dealkylation sites (tertiary alicyclic amines) is 1. The van der Waals surface area contributed by atoms with Gasteiger partial charge < -0.3 is 19.3 Å². The van der Waals surface area contributed by atoms with Crippen molar-refractivity contribution < 1.29 is 14.6 Å². The molecule has 0 aromatic carbocycles. The van der Waals surface area contributed by atoms with Gasteiger partial charge in [-0.15, -0.1) is 0 Å². The minimum Gasteiger partial charge on any atom is -0.471 e. The van der Waals surface area contributed by atoms with Crippen LogP contribution in [0, 0.1) is 6.92 Å². The number of nitrogens with zero attached hydrogens (tertiary/aromatic N) is 7. The molecule has 3 aromatic rings. The van der Waals surface area contributed by atoms with Gasteiger partial charge in [0.15, 0.2) is 11.2 Å². The fourth-order valence-electron chi connectivity index (χ4n) is 2.99. The van der Waals surface area contributed by atoms with Gasteiger partial charge in [-0.05, 0) is 6.92 Å². The first-order valence-electron chi connectivity index (χ1n) is 8.14. The molecule has 10 heteroatoms. The first-order chi connectivity index (χ1) is 12.5. The van der Waals surface area contributed by atoms with E-state index in [2.05, 4.69) is 24.9 Å². The Bertz CT molecular complexity index is 970. The van der Waals surface area contributed by atoms with Gasteiger partial charge in [-0.25, -0.2) is 24.7 Å². The lowest BCUT2D eigenvalue weighted by molar-refractivity contribution is 0.145. The summed E-state index contributed by atoms with van der Waals surface area (Å²) in [6, 6.07) is 0. The highest BCUT2D eigenvalue weighted by atomic mass is 16.5. The molecule has 4 rings (SSSR count). The smallest absolute Gasteiger partial charge is 0.407 e. The monoisotopic (exact) mass is 355 g/mol.